The molecule has 0 aliphatic carbocycles. The molecule has 4 nitrogen and oxygen atoms in total. The van der Waals surface area contributed by atoms with E-state index < -0.39 is 0 Å². The maximum absolute atomic E-state index is 5.27. The van der Waals surface area contributed by atoms with E-state index >= 15 is 0 Å². The third kappa shape index (κ3) is 2.22. The molecule has 0 unspecified atom stereocenters. The zero-order valence-corrected chi connectivity index (χ0v) is 13.3. The van der Waals surface area contributed by atoms with Crippen molar-refractivity contribution in [2.24, 2.45) is 0 Å². The van der Waals surface area contributed by atoms with E-state index in [1.807, 2.05) is 47.1 Å². The van der Waals surface area contributed by atoms with E-state index in [-0.39, 0.29) is 0 Å². The van der Waals surface area contributed by atoms with Gasteiger partial charge in [0.25, 0.3) is 0 Å². The summed E-state index contributed by atoms with van der Waals surface area (Å²) in [5, 5.41) is 5.71. The predicted molar refractivity (Wildman–Crippen MR) is 86.9 cm³/mol. The molecule has 0 radical (unpaired) electrons. The van der Waals surface area contributed by atoms with Crippen molar-refractivity contribution in [3.63, 3.8) is 0 Å². The Kier molecular flexibility index (Phi) is 3.52. The van der Waals surface area contributed by atoms with E-state index in [1.54, 1.807) is 14.2 Å². The van der Waals surface area contributed by atoms with Gasteiger partial charge in [-0.3, -0.25) is 0 Å². The first-order valence-corrected chi connectivity index (χ1v) is 7.17. The van der Waals surface area contributed by atoms with Crippen molar-refractivity contribution < 1.29 is 9.47 Å². The molecule has 0 aliphatic rings. The van der Waals surface area contributed by atoms with Crippen molar-refractivity contribution in [1.29, 1.82) is 0 Å². The summed E-state index contributed by atoms with van der Waals surface area (Å²) in [5.74, 6) is 1.67. The lowest BCUT2D eigenvalue weighted by Crippen LogP contribution is -1.98. The van der Waals surface area contributed by atoms with Crippen LogP contribution in [0, 0.1) is 3.70 Å². The van der Waals surface area contributed by atoms with Crippen molar-refractivity contribution in [1.82, 2.24) is 9.78 Å². The number of benzene rings is 2. The number of aromatic nitrogens is 2. The van der Waals surface area contributed by atoms with Gasteiger partial charge in [0.05, 0.1) is 25.4 Å². The number of halogens is 1. The Bertz CT molecular complexity index is 750. The molecule has 0 amide bonds. The van der Waals surface area contributed by atoms with Gasteiger partial charge in [-0.25, -0.2) is 4.68 Å². The second kappa shape index (κ2) is 5.32. The van der Waals surface area contributed by atoms with Gasteiger partial charge >= 0.3 is 0 Å². The van der Waals surface area contributed by atoms with Crippen LogP contribution in [0.25, 0.3) is 16.6 Å². The van der Waals surface area contributed by atoms with Crippen LogP contribution in [-0.4, -0.2) is 24.0 Å². The molecular weight excluding hydrogens is 367 g/mol. The number of fused-ring (bicyclic) bond motifs is 1. The highest BCUT2D eigenvalue weighted by atomic mass is 127. The number of hydrogen-bond donors (Lipinski definition) is 0. The van der Waals surface area contributed by atoms with Gasteiger partial charge in [-0.15, -0.1) is 0 Å². The first-order chi connectivity index (χ1) is 9.72. The highest BCUT2D eigenvalue weighted by Crippen LogP contribution is 2.27. The fourth-order valence-electron chi connectivity index (χ4n) is 2.05. The summed E-state index contributed by atoms with van der Waals surface area (Å²) in [6, 6.07) is 13.7. The summed E-state index contributed by atoms with van der Waals surface area (Å²) in [5.41, 5.74) is 1.95. The molecule has 1 heterocycles. The molecule has 0 atom stereocenters. The quantitative estimate of drug-likeness (QED) is 0.651. The topological polar surface area (TPSA) is 36.3 Å². The smallest absolute Gasteiger partial charge is 0.119 e. The zero-order valence-electron chi connectivity index (χ0n) is 11.1. The summed E-state index contributed by atoms with van der Waals surface area (Å²) in [6.07, 6.45) is 0. The van der Waals surface area contributed by atoms with Gasteiger partial charge in [0, 0.05) is 5.39 Å². The van der Waals surface area contributed by atoms with Gasteiger partial charge in [-0.1, -0.05) is 0 Å². The van der Waals surface area contributed by atoms with E-state index in [4.69, 9.17) is 9.47 Å². The molecule has 1 aromatic heterocycles. The van der Waals surface area contributed by atoms with Gasteiger partial charge in [-0.2, -0.15) is 5.10 Å². The van der Waals surface area contributed by atoms with Crippen molar-refractivity contribution in [2.75, 3.05) is 14.2 Å². The largest absolute Gasteiger partial charge is 0.497 e. The number of nitrogens with zero attached hydrogens (tertiary/aromatic N) is 2. The monoisotopic (exact) mass is 380 g/mol. The van der Waals surface area contributed by atoms with Crippen LogP contribution in [0.1, 0.15) is 0 Å². The predicted octanol–water partition coefficient (Wildman–Crippen LogP) is 3.65. The molecule has 5 heteroatoms. The maximum atomic E-state index is 5.27. The molecule has 0 aliphatic heterocycles. The lowest BCUT2D eigenvalue weighted by Gasteiger charge is -2.04. The molecule has 20 heavy (non-hydrogen) atoms. The Balaban J connectivity index is 2.13. The molecule has 0 spiro atoms. The molecule has 3 rings (SSSR count). The lowest BCUT2D eigenvalue weighted by atomic mass is 10.2. The van der Waals surface area contributed by atoms with Crippen LogP contribution in [0.3, 0.4) is 0 Å². The summed E-state index contributed by atoms with van der Waals surface area (Å²) in [6.45, 7) is 0. The number of methoxy groups -OCH3 is 2. The van der Waals surface area contributed by atoms with Crippen molar-refractivity contribution in [2.45, 2.75) is 0 Å². The summed E-state index contributed by atoms with van der Waals surface area (Å²) < 4.78 is 13.4. The second-order valence-electron chi connectivity index (χ2n) is 4.28. The lowest BCUT2D eigenvalue weighted by molar-refractivity contribution is 0.414. The Labute approximate surface area is 130 Å². The fraction of sp³-hybridized carbons (Fsp3) is 0.133. The third-order valence-electron chi connectivity index (χ3n) is 3.14. The number of rotatable bonds is 3. The molecule has 0 saturated carbocycles. The van der Waals surface area contributed by atoms with Gasteiger partial charge in [-0.05, 0) is 65.1 Å². The maximum Gasteiger partial charge on any atom is 0.119 e. The molecule has 0 saturated heterocycles. The van der Waals surface area contributed by atoms with Crippen molar-refractivity contribution >= 4 is 33.5 Å². The Morgan fingerprint density at radius 3 is 2.25 bits per heavy atom. The molecule has 0 fully saturated rings. The molecule has 0 N–H and O–H groups in total. The standard InChI is InChI=1S/C15H13IN2O2/c1-19-11-5-3-10(4-6-11)18-15(16)13-9-12(20-2)7-8-14(13)17-18/h3-9H,1-2H3. The average molecular weight is 380 g/mol. The highest BCUT2D eigenvalue weighted by molar-refractivity contribution is 14.1. The third-order valence-corrected chi connectivity index (χ3v) is 4.17. The van der Waals surface area contributed by atoms with Crippen LogP contribution in [0.2, 0.25) is 0 Å². The molecule has 0 bridgehead atoms. The van der Waals surface area contributed by atoms with Gasteiger partial charge < -0.3 is 9.47 Å². The van der Waals surface area contributed by atoms with E-state index in [9.17, 15) is 0 Å². The summed E-state index contributed by atoms with van der Waals surface area (Å²) in [4.78, 5) is 0. The van der Waals surface area contributed by atoms with Crippen LogP contribution < -0.4 is 9.47 Å². The van der Waals surface area contributed by atoms with E-state index in [2.05, 4.69) is 27.7 Å². The summed E-state index contributed by atoms with van der Waals surface area (Å²) in [7, 11) is 3.33. The first-order valence-electron chi connectivity index (χ1n) is 6.09. The van der Waals surface area contributed by atoms with Crippen LogP contribution in [0.5, 0.6) is 11.5 Å². The van der Waals surface area contributed by atoms with E-state index in [0.29, 0.717) is 0 Å². The van der Waals surface area contributed by atoms with Gasteiger partial charge in [0.2, 0.25) is 0 Å². The minimum atomic E-state index is 0.835. The normalized spacial score (nSPS) is 10.8. The Morgan fingerprint density at radius 1 is 0.950 bits per heavy atom. The van der Waals surface area contributed by atoms with E-state index in [1.165, 1.54) is 0 Å². The Hall–Kier alpha value is -1.76. The van der Waals surface area contributed by atoms with Crippen molar-refractivity contribution in [3.8, 4) is 17.2 Å². The van der Waals surface area contributed by atoms with Crippen molar-refractivity contribution in [3.05, 3.63) is 46.2 Å². The average Bonchev–Trinajstić information content (AvgIpc) is 2.84. The van der Waals surface area contributed by atoms with Crippen LogP contribution >= 0.6 is 22.6 Å². The fourth-order valence-corrected chi connectivity index (χ4v) is 2.87. The Morgan fingerprint density at radius 2 is 1.60 bits per heavy atom. The van der Waals surface area contributed by atoms with Gasteiger partial charge in [0.15, 0.2) is 0 Å². The molecule has 2 aromatic carbocycles. The van der Waals surface area contributed by atoms with Crippen LogP contribution in [-0.2, 0) is 0 Å². The SMILES string of the molecule is COc1ccc(-n2nc3ccc(OC)cc3c2I)cc1. The molecular formula is C15H13IN2O2. The highest BCUT2D eigenvalue weighted by Gasteiger charge is 2.11. The van der Waals surface area contributed by atoms with E-state index in [0.717, 1.165) is 31.8 Å². The minimum absolute atomic E-state index is 0.835. The minimum Gasteiger partial charge on any atom is -0.497 e. The van der Waals surface area contributed by atoms with Gasteiger partial charge in [0.1, 0.15) is 15.2 Å². The first kappa shape index (κ1) is 13.2. The molecule has 102 valence electrons. The number of hydrogen-bond acceptors (Lipinski definition) is 3. The molecule has 3 aromatic rings. The summed E-state index contributed by atoms with van der Waals surface area (Å²) >= 11 is 2.30. The van der Waals surface area contributed by atoms with Crippen LogP contribution in [0.15, 0.2) is 42.5 Å². The zero-order chi connectivity index (χ0) is 14.1. The second-order valence-corrected chi connectivity index (χ2v) is 5.31. The van der Waals surface area contributed by atoms with Crippen LogP contribution in [0.4, 0.5) is 0 Å². The number of ether oxygens (including phenoxy) is 2.